The summed E-state index contributed by atoms with van der Waals surface area (Å²) in [6.45, 7) is 6.38. The van der Waals surface area contributed by atoms with Gasteiger partial charge in [-0.1, -0.05) is 26.0 Å². The Hall–Kier alpha value is -1.07. The highest BCUT2D eigenvalue weighted by molar-refractivity contribution is 5.25. The Labute approximate surface area is 123 Å². The van der Waals surface area contributed by atoms with Crippen LogP contribution in [0.5, 0.6) is 0 Å². The van der Waals surface area contributed by atoms with Crippen LogP contribution in [0.3, 0.4) is 0 Å². The summed E-state index contributed by atoms with van der Waals surface area (Å²) < 4.78 is 43.3. The minimum atomic E-state index is -4.27. The van der Waals surface area contributed by atoms with Gasteiger partial charge in [-0.3, -0.25) is 0 Å². The van der Waals surface area contributed by atoms with Crippen molar-refractivity contribution >= 4 is 0 Å². The lowest BCUT2D eigenvalue weighted by Gasteiger charge is -2.29. The van der Waals surface area contributed by atoms with Gasteiger partial charge in [0.2, 0.25) is 0 Å². The van der Waals surface area contributed by atoms with Crippen LogP contribution in [0.25, 0.3) is 0 Å². The summed E-state index contributed by atoms with van der Waals surface area (Å²) in [5.41, 5.74) is 0.326. The first-order valence-electron chi connectivity index (χ1n) is 7.28. The molecule has 2 rings (SSSR count). The molecule has 0 bridgehead atoms. The maximum Gasteiger partial charge on any atom is 0.416 e. The highest BCUT2D eigenvalue weighted by atomic mass is 19.4. The Morgan fingerprint density at radius 3 is 2.38 bits per heavy atom. The van der Waals surface area contributed by atoms with Gasteiger partial charge in [-0.05, 0) is 30.5 Å². The molecule has 1 heterocycles. The molecule has 118 valence electrons. The number of halogens is 3. The van der Waals surface area contributed by atoms with E-state index >= 15 is 0 Å². The molecule has 1 fully saturated rings. The predicted molar refractivity (Wildman–Crippen MR) is 76.2 cm³/mol. The average molecular weight is 301 g/mol. The van der Waals surface area contributed by atoms with Crippen molar-refractivity contribution in [2.24, 2.45) is 5.41 Å². The third-order valence-electron chi connectivity index (χ3n) is 3.93. The highest BCUT2D eigenvalue weighted by Gasteiger charge is 2.35. The van der Waals surface area contributed by atoms with E-state index < -0.39 is 11.7 Å². The zero-order valence-corrected chi connectivity index (χ0v) is 12.5. The Kier molecular flexibility index (Phi) is 4.94. The minimum absolute atomic E-state index is 0.00990. The molecule has 2 nitrogen and oxygen atoms in total. The minimum Gasteiger partial charge on any atom is -0.381 e. The summed E-state index contributed by atoms with van der Waals surface area (Å²) in [5, 5.41) is 3.42. The van der Waals surface area contributed by atoms with Gasteiger partial charge in [-0.2, -0.15) is 13.2 Å². The van der Waals surface area contributed by atoms with Gasteiger partial charge in [0.15, 0.2) is 0 Å². The molecular formula is C16H22F3NO. The van der Waals surface area contributed by atoms with Gasteiger partial charge < -0.3 is 10.1 Å². The van der Waals surface area contributed by atoms with Crippen molar-refractivity contribution in [3.63, 3.8) is 0 Å². The fraction of sp³-hybridized carbons (Fsp3) is 0.625. The number of hydrogen-bond acceptors (Lipinski definition) is 2. The first-order valence-corrected chi connectivity index (χ1v) is 7.28. The van der Waals surface area contributed by atoms with E-state index in [-0.39, 0.29) is 5.41 Å². The zero-order valence-electron chi connectivity index (χ0n) is 12.5. The van der Waals surface area contributed by atoms with Crippen LogP contribution in [-0.4, -0.2) is 25.8 Å². The number of rotatable bonds is 5. The average Bonchev–Trinajstić information content (AvgIpc) is 2.85. The van der Waals surface area contributed by atoms with E-state index in [0.29, 0.717) is 12.6 Å². The standard InChI is InChI=1S/C16H22F3NO/c1-12(2)20-10-15(7-8-21-11-15)9-13-3-5-14(6-4-13)16(17,18)19/h3-6,12,20H,7-11H2,1-2H3. The Morgan fingerprint density at radius 1 is 1.24 bits per heavy atom. The molecule has 0 amide bonds. The van der Waals surface area contributed by atoms with Crippen molar-refractivity contribution in [2.45, 2.75) is 38.9 Å². The van der Waals surface area contributed by atoms with Crippen molar-refractivity contribution in [3.8, 4) is 0 Å². The third-order valence-corrected chi connectivity index (χ3v) is 3.93. The molecular weight excluding hydrogens is 279 g/mol. The Balaban J connectivity index is 2.07. The maximum atomic E-state index is 12.6. The second kappa shape index (κ2) is 6.36. The molecule has 0 radical (unpaired) electrons. The molecule has 1 aromatic rings. The van der Waals surface area contributed by atoms with Crippen molar-refractivity contribution in [2.75, 3.05) is 19.8 Å². The third kappa shape index (κ3) is 4.45. The molecule has 1 saturated heterocycles. The summed E-state index contributed by atoms with van der Waals surface area (Å²) in [5.74, 6) is 0. The van der Waals surface area contributed by atoms with E-state index in [0.717, 1.165) is 43.7 Å². The summed E-state index contributed by atoms with van der Waals surface area (Å²) >= 11 is 0. The van der Waals surface area contributed by atoms with Crippen molar-refractivity contribution < 1.29 is 17.9 Å². The molecule has 1 N–H and O–H groups in total. The van der Waals surface area contributed by atoms with E-state index in [2.05, 4.69) is 19.2 Å². The van der Waals surface area contributed by atoms with Gasteiger partial charge in [-0.25, -0.2) is 0 Å². The molecule has 0 spiro atoms. The normalized spacial score (nSPS) is 23.0. The fourth-order valence-corrected chi connectivity index (χ4v) is 2.66. The predicted octanol–water partition coefficient (Wildman–Crippen LogP) is 3.65. The zero-order chi connectivity index (χ0) is 15.5. The number of alkyl halides is 3. The molecule has 1 unspecified atom stereocenters. The summed E-state index contributed by atoms with van der Waals surface area (Å²) in [4.78, 5) is 0. The van der Waals surface area contributed by atoms with Crippen LogP contribution in [0, 0.1) is 5.41 Å². The van der Waals surface area contributed by atoms with Crippen molar-refractivity contribution in [3.05, 3.63) is 35.4 Å². The summed E-state index contributed by atoms with van der Waals surface area (Å²) in [7, 11) is 0. The molecule has 0 aliphatic carbocycles. The molecule has 1 atom stereocenters. The van der Waals surface area contributed by atoms with Crippen LogP contribution >= 0.6 is 0 Å². The highest BCUT2D eigenvalue weighted by Crippen LogP contribution is 2.34. The fourth-order valence-electron chi connectivity index (χ4n) is 2.66. The van der Waals surface area contributed by atoms with E-state index in [9.17, 15) is 13.2 Å². The molecule has 21 heavy (non-hydrogen) atoms. The lowest BCUT2D eigenvalue weighted by molar-refractivity contribution is -0.137. The number of hydrogen-bond donors (Lipinski definition) is 1. The molecule has 0 saturated carbocycles. The second-order valence-corrected chi connectivity index (χ2v) is 6.21. The van der Waals surface area contributed by atoms with Gasteiger partial charge in [0.1, 0.15) is 0 Å². The van der Waals surface area contributed by atoms with Crippen LogP contribution in [0.1, 0.15) is 31.4 Å². The largest absolute Gasteiger partial charge is 0.416 e. The second-order valence-electron chi connectivity index (χ2n) is 6.21. The van der Waals surface area contributed by atoms with E-state index in [1.165, 1.54) is 0 Å². The SMILES string of the molecule is CC(C)NCC1(Cc2ccc(C(F)(F)F)cc2)CCOC1. The number of ether oxygens (including phenoxy) is 1. The van der Waals surface area contributed by atoms with Gasteiger partial charge in [0, 0.05) is 24.6 Å². The van der Waals surface area contributed by atoms with Crippen LogP contribution in [0.15, 0.2) is 24.3 Å². The van der Waals surface area contributed by atoms with Crippen LogP contribution in [0.4, 0.5) is 13.2 Å². The van der Waals surface area contributed by atoms with Crippen LogP contribution < -0.4 is 5.32 Å². The quantitative estimate of drug-likeness (QED) is 0.896. The van der Waals surface area contributed by atoms with Gasteiger partial charge in [-0.15, -0.1) is 0 Å². The molecule has 0 aromatic heterocycles. The molecule has 1 aromatic carbocycles. The van der Waals surface area contributed by atoms with Gasteiger partial charge in [0.05, 0.1) is 12.2 Å². The number of benzene rings is 1. The molecule has 5 heteroatoms. The smallest absolute Gasteiger partial charge is 0.381 e. The Morgan fingerprint density at radius 2 is 1.90 bits per heavy atom. The molecule has 1 aliphatic heterocycles. The lowest BCUT2D eigenvalue weighted by Crippen LogP contribution is -2.39. The van der Waals surface area contributed by atoms with Crippen molar-refractivity contribution in [1.82, 2.24) is 5.32 Å². The topological polar surface area (TPSA) is 21.3 Å². The monoisotopic (exact) mass is 301 g/mol. The van der Waals surface area contributed by atoms with E-state index in [4.69, 9.17) is 4.74 Å². The van der Waals surface area contributed by atoms with Gasteiger partial charge >= 0.3 is 6.18 Å². The number of nitrogens with one attached hydrogen (secondary N) is 1. The van der Waals surface area contributed by atoms with E-state index in [1.807, 2.05) is 0 Å². The first kappa shape index (κ1) is 16.3. The summed E-state index contributed by atoms with van der Waals surface area (Å²) in [6.07, 6.45) is -2.59. The van der Waals surface area contributed by atoms with Crippen LogP contribution in [-0.2, 0) is 17.3 Å². The maximum absolute atomic E-state index is 12.6. The Bertz CT molecular complexity index is 448. The lowest BCUT2D eigenvalue weighted by atomic mass is 9.80. The van der Waals surface area contributed by atoms with Crippen LogP contribution in [0.2, 0.25) is 0 Å². The van der Waals surface area contributed by atoms with E-state index in [1.54, 1.807) is 12.1 Å². The first-order chi connectivity index (χ1) is 9.81. The van der Waals surface area contributed by atoms with Crippen molar-refractivity contribution in [1.29, 1.82) is 0 Å². The summed E-state index contributed by atoms with van der Waals surface area (Å²) in [6, 6.07) is 5.87. The van der Waals surface area contributed by atoms with Gasteiger partial charge in [0.25, 0.3) is 0 Å². The molecule has 1 aliphatic rings.